The van der Waals surface area contributed by atoms with Crippen molar-refractivity contribution < 1.29 is 8.42 Å². The Bertz CT molecular complexity index is 841. The average molecular weight is 311 g/mol. The van der Waals surface area contributed by atoms with Gasteiger partial charge in [0, 0.05) is 11.8 Å². The number of nitrogens with zero attached hydrogens (tertiary/aromatic N) is 1. The van der Waals surface area contributed by atoms with Crippen molar-refractivity contribution >= 4 is 22.3 Å². The number of sulfonamides is 1. The standard InChI is InChI=1S/C18H17NO2S/c1-14-6-10-18(11-7-14)22(20,21)19-13-17-5-3-2-4-16(17)12-15-8-9-15/h2-7,10-13H,8-9H2,1H3/b19-13+. The summed E-state index contributed by atoms with van der Waals surface area (Å²) in [6, 6.07) is 14.4. The third-order valence-corrected chi connectivity index (χ3v) is 4.79. The molecule has 1 saturated carbocycles. The zero-order valence-electron chi connectivity index (χ0n) is 12.4. The van der Waals surface area contributed by atoms with Crippen LogP contribution >= 0.6 is 0 Å². The first-order valence-electron chi connectivity index (χ1n) is 7.20. The minimum absolute atomic E-state index is 0.215. The van der Waals surface area contributed by atoms with Crippen molar-refractivity contribution in [3.8, 4) is 0 Å². The molecule has 0 unspecified atom stereocenters. The van der Waals surface area contributed by atoms with Crippen LogP contribution in [-0.2, 0) is 10.0 Å². The van der Waals surface area contributed by atoms with Gasteiger partial charge >= 0.3 is 0 Å². The molecule has 112 valence electrons. The van der Waals surface area contributed by atoms with Gasteiger partial charge in [-0.15, -0.1) is 0 Å². The quantitative estimate of drug-likeness (QED) is 0.802. The molecule has 1 aliphatic carbocycles. The van der Waals surface area contributed by atoms with Crippen LogP contribution in [0.25, 0.3) is 6.08 Å². The van der Waals surface area contributed by atoms with E-state index in [1.165, 1.54) is 11.8 Å². The van der Waals surface area contributed by atoms with Crippen LogP contribution in [0.1, 0.15) is 29.5 Å². The van der Waals surface area contributed by atoms with Crippen molar-refractivity contribution in [1.82, 2.24) is 0 Å². The minimum atomic E-state index is -3.66. The summed E-state index contributed by atoms with van der Waals surface area (Å²) in [5, 5.41) is 0. The van der Waals surface area contributed by atoms with E-state index in [1.807, 2.05) is 31.2 Å². The normalized spacial score (nSPS) is 14.3. The fourth-order valence-electron chi connectivity index (χ4n) is 2.09. The maximum atomic E-state index is 12.2. The molecule has 0 amide bonds. The van der Waals surface area contributed by atoms with Crippen LogP contribution in [0, 0.1) is 6.92 Å². The molecule has 0 saturated heterocycles. The number of aryl methyl sites for hydroxylation is 1. The highest BCUT2D eigenvalue weighted by Crippen LogP contribution is 2.30. The van der Waals surface area contributed by atoms with Crippen LogP contribution in [0.4, 0.5) is 0 Å². The fraction of sp³-hybridized carbons (Fsp3) is 0.167. The van der Waals surface area contributed by atoms with Crippen LogP contribution in [0.2, 0.25) is 0 Å². The second kappa shape index (κ2) is 5.89. The number of hydrogen-bond acceptors (Lipinski definition) is 2. The highest BCUT2D eigenvalue weighted by molar-refractivity contribution is 7.90. The van der Waals surface area contributed by atoms with E-state index in [0.29, 0.717) is 0 Å². The summed E-state index contributed by atoms with van der Waals surface area (Å²) in [5.41, 5.74) is 4.24. The predicted octanol–water partition coefficient (Wildman–Crippen LogP) is 3.98. The van der Waals surface area contributed by atoms with E-state index in [4.69, 9.17) is 0 Å². The summed E-state index contributed by atoms with van der Waals surface area (Å²) in [4.78, 5) is 0.215. The summed E-state index contributed by atoms with van der Waals surface area (Å²) in [7, 11) is -3.66. The largest absolute Gasteiger partial charge is 0.282 e. The van der Waals surface area contributed by atoms with Gasteiger partial charge in [0.25, 0.3) is 10.0 Å². The number of benzene rings is 2. The molecule has 0 spiro atoms. The topological polar surface area (TPSA) is 46.5 Å². The van der Waals surface area contributed by atoms with Gasteiger partial charge < -0.3 is 0 Å². The number of rotatable bonds is 4. The Kier molecular flexibility index (Phi) is 3.94. The van der Waals surface area contributed by atoms with Gasteiger partial charge in [0.1, 0.15) is 0 Å². The van der Waals surface area contributed by atoms with Gasteiger partial charge in [-0.05, 0) is 37.5 Å². The number of allylic oxidation sites excluding steroid dienone is 1. The molecule has 0 bridgehead atoms. The molecule has 22 heavy (non-hydrogen) atoms. The molecular formula is C18H17NO2S. The lowest BCUT2D eigenvalue weighted by atomic mass is 10.1. The van der Waals surface area contributed by atoms with Gasteiger partial charge in [-0.1, -0.05) is 53.6 Å². The van der Waals surface area contributed by atoms with Crippen LogP contribution in [0.15, 0.2) is 63.4 Å². The van der Waals surface area contributed by atoms with Crippen LogP contribution in [0.3, 0.4) is 0 Å². The maximum absolute atomic E-state index is 12.2. The summed E-state index contributed by atoms with van der Waals surface area (Å²) in [6.45, 7) is 1.92. The lowest BCUT2D eigenvalue weighted by molar-refractivity contribution is 0.598. The van der Waals surface area contributed by atoms with Crippen LogP contribution in [-0.4, -0.2) is 14.6 Å². The molecule has 0 aromatic heterocycles. The lowest BCUT2D eigenvalue weighted by Gasteiger charge is -2.01. The molecule has 4 heteroatoms. The zero-order chi connectivity index (χ0) is 15.6. The third-order valence-electron chi connectivity index (χ3n) is 3.54. The molecule has 1 aliphatic rings. The fourth-order valence-corrected chi connectivity index (χ4v) is 2.95. The zero-order valence-corrected chi connectivity index (χ0v) is 13.2. The van der Waals surface area contributed by atoms with E-state index in [2.05, 4.69) is 10.5 Å². The van der Waals surface area contributed by atoms with Gasteiger partial charge in [0.15, 0.2) is 0 Å². The molecule has 0 aliphatic heterocycles. The SMILES string of the molecule is Cc1ccc(S(=O)(=O)/N=C/c2ccccc2C=C2CC2)cc1. The molecule has 0 heterocycles. The summed E-state index contributed by atoms with van der Waals surface area (Å²) in [6.07, 6.45) is 5.81. The Hall–Kier alpha value is -2.20. The Morgan fingerprint density at radius 2 is 1.59 bits per heavy atom. The third kappa shape index (κ3) is 3.52. The molecule has 0 atom stereocenters. The Morgan fingerprint density at radius 3 is 2.23 bits per heavy atom. The van der Waals surface area contributed by atoms with E-state index < -0.39 is 10.0 Å². The van der Waals surface area contributed by atoms with Crippen molar-refractivity contribution in [2.24, 2.45) is 4.40 Å². The van der Waals surface area contributed by atoms with Gasteiger partial charge in [-0.25, -0.2) is 0 Å². The van der Waals surface area contributed by atoms with Gasteiger partial charge in [0.05, 0.1) is 4.90 Å². The molecule has 1 fully saturated rings. The van der Waals surface area contributed by atoms with Crippen molar-refractivity contribution in [1.29, 1.82) is 0 Å². The van der Waals surface area contributed by atoms with E-state index in [-0.39, 0.29) is 4.90 Å². The molecule has 2 aromatic carbocycles. The van der Waals surface area contributed by atoms with Crippen molar-refractivity contribution in [3.63, 3.8) is 0 Å². The molecule has 0 radical (unpaired) electrons. The summed E-state index contributed by atoms with van der Waals surface area (Å²) in [5.74, 6) is 0. The summed E-state index contributed by atoms with van der Waals surface area (Å²) >= 11 is 0. The van der Waals surface area contributed by atoms with Crippen molar-refractivity contribution in [2.75, 3.05) is 0 Å². The van der Waals surface area contributed by atoms with Crippen LogP contribution in [0.5, 0.6) is 0 Å². The molecule has 3 rings (SSSR count). The minimum Gasteiger partial charge on any atom is -0.199 e. The first-order chi connectivity index (χ1) is 10.5. The smallest absolute Gasteiger partial charge is 0.199 e. The van der Waals surface area contributed by atoms with Gasteiger partial charge in [0.2, 0.25) is 0 Å². The first-order valence-corrected chi connectivity index (χ1v) is 8.64. The second-order valence-electron chi connectivity index (χ2n) is 5.45. The predicted molar refractivity (Wildman–Crippen MR) is 89.6 cm³/mol. The van der Waals surface area contributed by atoms with Crippen molar-refractivity contribution in [3.05, 3.63) is 70.8 Å². The molecule has 0 N–H and O–H groups in total. The Labute approximate surface area is 131 Å². The highest BCUT2D eigenvalue weighted by atomic mass is 32.2. The average Bonchev–Trinajstić information content (AvgIpc) is 3.31. The molecule has 3 nitrogen and oxygen atoms in total. The van der Waals surface area contributed by atoms with Crippen molar-refractivity contribution in [2.45, 2.75) is 24.7 Å². The van der Waals surface area contributed by atoms with E-state index >= 15 is 0 Å². The monoisotopic (exact) mass is 311 g/mol. The highest BCUT2D eigenvalue weighted by Gasteiger charge is 2.13. The Morgan fingerprint density at radius 1 is 0.955 bits per heavy atom. The summed E-state index contributed by atoms with van der Waals surface area (Å²) < 4.78 is 28.3. The second-order valence-corrected chi connectivity index (χ2v) is 7.09. The van der Waals surface area contributed by atoms with Gasteiger partial charge in [-0.3, -0.25) is 0 Å². The number of hydrogen-bond donors (Lipinski definition) is 0. The van der Waals surface area contributed by atoms with E-state index in [0.717, 1.165) is 29.5 Å². The lowest BCUT2D eigenvalue weighted by Crippen LogP contribution is -1.98. The van der Waals surface area contributed by atoms with E-state index in [9.17, 15) is 8.42 Å². The molecular weight excluding hydrogens is 294 g/mol. The van der Waals surface area contributed by atoms with Crippen LogP contribution < -0.4 is 0 Å². The van der Waals surface area contributed by atoms with E-state index in [1.54, 1.807) is 24.3 Å². The first kappa shape index (κ1) is 14.7. The Balaban J connectivity index is 1.90. The van der Waals surface area contributed by atoms with Gasteiger partial charge in [-0.2, -0.15) is 12.8 Å². The maximum Gasteiger partial charge on any atom is 0.282 e. The molecule has 2 aromatic rings.